The molecule has 3 nitrogen and oxygen atoms in total. The first kappa shape index (κ1) is 13.5. The summed E-state index contributed by atoms with van der Waals surface area (Å²) in [5.74, 6) is -1.24. The van der Waals surface area contributed by atoms with Gasteiger partial charge in [-0.25, -0.2) is 4.79 Å². The van der Waals surface area contributed by atoms with Gasteiger partial charge in [-0.1, -0.05) is 22.0 Å². The zero-order valence-electron chi connectivity index (χ0n) is 8.56. The van der Waals surface area contributed by atoms with Gasteiger partial charge in [-0.2, -0.15) is 0 Å². The van der Waals surface area contributed by atoms with E-state index in [1.54, 1.807) is 12.1 Å². The molecule has 0 saturated heterocycles. The fraction of sp³-hybridized carbons (Fsp3) is 0.364. The van der Waals surface area contributed by atoms with E-state index in [4.69, 9.17) is 5.11 Å². The topological polar surface area (TPSA) is 57.5 Å². The molecule has 1 aromatic carbocycles. The van der Waals surface area contributed by atoms with Crippen LogP contribution in [0, 0.1) is 0 Å². The molecule has 1 rings (SSSR count). The van der Waals surface area contributed by atoms with Crippen LogP contribution in [-0.4, -0.2) is 21.5 Å². The Morgan fingerprint density at radius 1 is 1.50 bits per heavy atom. The second kappa shape index (κ2) is 6.27. The lowest BCUT2D eigenvalue weighted by molar-refractivity contribution is -0.147. The summed E-state index contributed by atoms with van der Waals surface area (Å²) in [5.41, 5.74) is 1.29. The molecular weight excluding hydrogens is 292 g/mol. The van der Waals surface area contributed by atoms with Crippen molar-refractivity contribution in [3.63, 3.8) is 0 Å². The third-order valence-electron chi connectivity index (χ3n) is 2.24. The van der Waals surface area contributed by atoms with E-state index in [0.29, 0.717) is 10.5 Å². The summed E-state index contributed by atoms with van der Waals surface area (Å²) in [6, 6.07) is 5.21. The number of aliphatic carboxylic acids is 1. The molecular formula is C11H13BrO3S. The van der Waals surface area contributed by atoms with Gasteiger partial charge in [0.2, 0.25) is 0 Å². The number of alkyl halides is 1. The van der Waals surface area contributed by atoms with E-state index >= 15 is 0 Å². The van der Waals surface area contributed by atoms with Crippen LogP contribution in [0.2, 0.25) is 0 Å². The molecule has 0 fully saturated rings. The maximum Gasteiger partial charge on any atom is 0.337 e. The van der Waals surface area contributed by atoms with Crippen molar-refractivity contribution in [1.82, 2.24) is 0 Å². The van der Waals surface area contributed by atoms with Gasteiger partial charge in [0, 0.05) is 10.2 Å². The minimum absolute atomic E-state index is 0.431. The molecule has 0 aromatic heterocycles. The summed E-state index contributed by atoms with van der Waals surface area (Å²) in [6.45, 7) is 0. The highest BCUT2D eigenvalue weighted by molar-refractivity contribution is 9.09. The number of hydrogen-bond acceptors (Lipinski definition) is 3. The number of carbonyl (C=O) groups is 1. The zero-order valence-corrected chi connectivity index (χ0v) is 11.0. The Morgan fingerprint density at radius 2 is 2.19 bits per heavy atom. The summed E-state index contributed by atoms with van der Waals surface area (Å²) in [5, 5.41) is 19.2. The maximum absolute atomic E-state index is 10.8. The molecule has 1 unspecified atom stereocenters. The summed E-state index contributed by atoms with van der Waals surface area (Å²) in [7, 11) is 0. The van der Waals surface area contributed by atoms with Gasteiger partial charge in [0.15, 0.2) is 6.10 Å². The maximum atomic E-state index is 10.8. The molecule has 0 aliphatic carbocycles. The van der Waals surface area contributed by atoms with Crippen LogP contribution < -0.4 is 0 Å². The van der Waals surface area contributed by atoms with Crippen LogP contribution in [0.15, 0.2) is 23.1 Å². The van der Waals surface area contributed by atoms with Crippen LogP contribution in [0.3, 0.4) is 0 Å². The molecule has 5 heteroatoms. The SMILES string of the molecule is O=C(O)C(O)c1cc(S)ccc1CCCBr. The number of halogens is 1. The lowest BCUT2D eigenvalue weighted by atomic mass is 9.99. The molecule has 88 valence electrons. The third kappa shape index (κ3) is 3.50. The Labute approximate surface area is 108 Å². The standard InChI is InChI=1S/C11H13BrO3S/c12-5-1-2-7-3-4-8(16)6-9(7)10(13)11(14)15/h3-4,6,10,13,16H,1-2,5H2,(H,14,15). The molecule has 0 spiro atoms. The van der Waals surface area contributed by atoms with E-state index in [-0.39, 0.29) is 0 Å². The Morgan fingerprint density at radius 3 is 2.75 bits per heavy atom. The number of hydrogen-bond donors (Lipinski definition) is 3. The van der Waals surface area contributed by atoms with E-state index in [1.807, 2.05) is 6.07 Å². The molecule has 0 aliphatic rings. The number of carboxylic acid groups (broad SMARTS) is 1. The quantitative estimate of drug-likeness (QED) is 0.578. The highest BCUT2D eigenvalue weighted by Crippen LogP contribution is 2.23. The second-order valence-electron chi connectivity index (χ2n) is 3.42. The number of carboxylic acids is 1. The Balaban J connectivity index is 3.02. The molecule has 16 heavy (non-hydrogen) atoms. The molecule has 0 bridgehead atoms. The lowest BCUT2D eigenvalue weighted by Gasteiger charge is -2.12. The smallest absolute Gasteiger partial charge is 0.337 e. The van der Waals surface area contributed by atoms with Crippen molar-refractivity contribution >= 4 is 34.5 Å². The summed E-state index contributed by atoms with van der Waals surface area (Å²) < 4.78 is 0. The highest BCUT2D eigenvalue weighted by Gasteiger charge is 2.19. The molecule has 1 atom stereocenters. The van der Waals surface area contributed by atoms with Crippen LogP contribution >= 0.6 is 28.6 Å². The normalized spacial score (nSPS) is 12.4. The minimum Gasteiger partial charge on any atom is -0.479 e. The lowest BCUT2D eigenvalue weighted by Crippen LogP contribution is -2.13. The van der Waals surface area contributed by atoms with Crippen LogP contribution in [0.25, 0.3) is 0 Å². The molecule has 0 aliphatic heterocycles. The predicted octanol–water partition coefficient (Wildman–Crippen LogP) is 2.42. The van der Waals surface area contributed by atoms with E-state index in [2.05, 4.69) is 28.6 Å². The Hall–Kier alpha value is -0.520. The fourth-order valence-electron chi connectivity index (χ4n) is 1.45. The molecule has 0 saturated carbocycles. The number of rotatable bonds is 5. The van der Waals surface area contributed by atoms with Gasteiger partial charge in [0.1, 0.15) is 0 Å². The van der Waals surface area contributed by atoms with Crippen molar-refractivity contribution in [3.8, 4) is 0 Å². The van der Waals surface area contributed by atoms with E-state index in [0.717, 1.165) is 23.7 Å². The van der Waals surface area contributed by atoms with E-state index in [9.17, 15) is 9.90 Å². The Bertz CT molecular complexity index is 381. The molecule has 0 heterocycles. The van der Waals surface area contributed by atoms with Crippen LogP contribution in [-0.2, 0) is 11.2 Å². The highest BCUT2D eigenvalue weighted by atomic mass is 79.9. The number of aryl methyl sites for hydroxylation is 1. The van der Waals surface area contributed by atoms with Crippen LogP contribution in [0.4, 0.5) is 0 Å². The van der Waals surface area contributed by atoms with Gasteiger partial charge >= 0.3 is 5.97 Å². The van der Waals surface area contributed by atoms with Crippen LogP contribution in [0.5, 0.6) is 0 Å². The molecule has 2 N–H and O–H groups in total. The predicted molar refractivity (Wildman–Crippen MR) is 68.4 cm³/mol. The first-order chi connectivity index (χ1) is 7.56. The van der Waals surface area contributed by atoms with Gasteiger partial charge in [0.05, 0.1) is 0 Å². The fourth-order valence-corrected chi connectivity index (χ4v) is 1.95. The average Bonchev–Trinajstić information content (AvgIpc) is 2.26. The molecule has 0 radical (unpaired) electrons. The first-order valence-electron chi connectivity index (χ1n) is 4.85. The van der Waals surface area contributed by atoms with E-state index in [1.165, 1.54) is 0 Å². The first-order valence-corrected chi connectivity index (χ1v) is 6.41. The number of thiol groups is 1. The van der Waals surface area contributed by atoms with Crippen molar-refractivity contribution in [1.29, 1.82) is 0 Å². The van der Waals surface area contributed by atoms with Gasteiger partial charge in [0.25, 0.3) is 0 Å². The van der Waals surface area contributed by atoms with Crippen molar-refractivity contribution in [2.24, 2.45) is 0 Å². The largest absolute Gasteiger partial charge is 0.479 e. The number of aliphatic hydroxyl groups excluding tert-OH is 1. The monoisotopic (exact) mass is 304 g/mol. The van der Waals surface area contributed by atoms with Crippen molar-refractivity contribution < 1.29 is 15.0 Å². The van der Waals surface area contributed by atoms with Crippen molar-refractivity contribution in [3.05, 3.63) is 29.3 Å². The summed E-state index contributed by atoms with van der Waals surface area (Å²) in [4.78, 5) is 11.4. The van der Waals surface area contributed by atoms with E-state index < -0.39 is 12.1 Å². The van der Waals surface area contributed by atoms with Crippen LogP contribution in [0.1, 0.15) is 23.7 Å². The second-order valence-corrected chi connectivity index (χ2v) is 4.73. The summed E-state index contributed by atoms with van der Waals surface area (Å²) in [6.07, 6.45) is 0.155. The number of benzene rings is 1. The molecule has 1 aromatic rings. The Kier molecular flexibility index (Phi) is 5.31. The van der Waals surface area contributed by atoms with Gasteiger partial charge in [-0.3, -0.25) is 0 Å². The minimum atomic E-state index is -1.47. The van der Waals surface area contributed by atoms with Gasteiger partial charge in [-0.05, 0) is 36.1 Å². The van der Waals surface area contributed by atoms with Crippen molar-refractivity contribution in [2.75, 3.05) is 5.33 Å². The average molecular weight is 305 g/mol. The van der Waals surface area contributed by atoms with Crippen molar-refractivity contribution in [2.45, 2.75) is 23.8 Å². The third-order valence-corrected chi connectivity index (χ3v) is 3.08. The number of aliphatic hydroxyl groups is 1. The van der Waals surface area contributed by atoms with Gasteiger partial charge < -0.3 is 10.2 Å². The molecule has 0 amide bonds. The summed E-state index contributed by atoms with van der Waals surface area (Å²) >= 11 is 7.46. The zero-order chi connectivity index (χ0) is 12.1. The van der Waals surface area contributed by atoms with Gasteiger partial charge in [-0.15, -0.1) is 12.6 Å².